The Bertz CT molecular complexity index is 937. The van der Waals surface area contributed by atoms with Crippen LogP contribution in [-0.2, 0) is 6.54 Å². The van der Waals surface area contributed by atoms with E-state index < -0.39 is 0 Å². The molecule has 8 heteroatoms. The standard InChI is InChI=1S/C18H20ClN3O3.ClH/c1-3-24-16-8-11(7-13(19)17(16)25-4-2)10-20-12-5-6-14-15(9-12)22-18(23)21-14;/h5-9,20H,3-4,10H2,1-2H3,(H2,21,22,23);1H/p-1. The van der Waals surface area contributed by atoms with E-state index in [0.29, 0.717) is 36.3 Å². The van der Waals surface area contributed by atoms with E-state index >= 15 is 0 Å². The summed E-state index contributed by atoms with van der Waals surface area (Å²) in [7, 11) is 0. The third-order valence-corrected chi connectivity index (χ3v) is 3.95. The van der Waals surface area contributed by atoms with Crippen LogP contribution in [0.15, 0.2) is 35.1 Å². The molecule has 2 aromatic carbocycles. The summed E-state index contributed by atoms with van der Waals surface area (Å²) >= 11 is 6.34. The number of hydrogen-bond donors (Lipinski definition) is 3. The molecule has 0 radical (unpaired) electrons. The molecule has 0 saturated heterocycles. The SMILES string of the molecule is CCOc1cc(CNc2ccc3[nH]c(=O)[nH]c3c2)cc(Cl)c1OCC.[Cl-]. The Kier molecular flexibility index (Phi) is 6.83. The molecule has 3 aromatic rings. The highest BCUT2D eigenvalue weighted by Gasteiger charge is 2.12. The van der Waals surface area contributed by atoms with Gasteiger partial charge in [-0.3, -0.25) is 0 Å². The lowest BCUT2D eigenvalue weighted by atomic mass is 10.2. The second-order valence-electron chi connectivity index (χ2n) is 5.46. The molecule has 0 aliphatic rings. The summed E-state index contributed by atoms with van der Waals surface area (Å²) < 4.78 is 11.2. The number of H-pyrrole nitrogens is 2. The number of anilines is 1. The average molecular weight is 397 g/mol. The van der Waals surface area contributed by atoms with E-state index in [-0.39, 0.29) is 18.1 Å². The van der Waals surface area contributed by atoms with E-state index in [0.717, 1.165) is 22.3 Å². The maximum atomic E-state index is 11.3. The van der Waals surface area contributed by atoms with Crippen molar-refractivity contribution in [1.29, 1.82) is 0 Å². The number of aromatic nitrogens is 2. The minimum absolute atomic E-state index is 0. The second kappa shape index (κ2) is 8.87. The molecule has 140 valence electrons. The van der Waals surface area contributed by atoms with Gasteiger partial charge in [0.15, 0.2) is 11.5 Å². The Morgan fingerprint density at radius 2 is 1.77 bits per heavy atom. The summed E-state index contributed by atoms with van der Waals surface area (Å²) in [6.07, 6.45) is 0. The van der Waals surface area contributed by atoms with Crippen molar-refractivity contribution in [2.75, 3.05) is 18.5 Å². The van der Waals surface area contributed by atoms with Crippen molar-refractivity contribution in [2.24, 2.45) is 0 Å². The fourth-order valence-electron chi connectivity index (χ4n) is 2.62. The fraction of sp³-hybridized carbons (Fsp3) is 0.278. The van der Waals surface area contributed by atoms with Crippen molar-refractivity contribution in [3.63, 3.8) is 0 Å². The van der Waals surface area contributed by atoms with Gasteiger partial charge in [-0.2, -0.15) is 0 Å². The Labute approximate surface area is 162 Å². The van der Waals surface area contributed by atoms with Gasteiger partial charge in [0.05, 0.1) is 29.3 Å². The van der Waals surface area contributed by atoms with E-state index in [1.165, 1.54) is 0 Å². The molecule has 0 aliphatic carbocycles. The van der Waals surface area contributed by atoms with Crippen LogP contribution in [0.2, 0.25) is 5.02 Å². The molecule has 0 spiro atoms. The van der Waals surface area contributed by atoms with Gasteiger partial charge in [-0.15, -0.1) is 0 Å². The number of aromatic amines is 2. The van der Waals surface area contributed by atoms with Gasteiger partial charge in [0, 0.05) is 12.2 Å². The zero-order valence-electron chi connectivity index (χ0n) is 14.5. The van der Waals surface area contributed by atoms with Crippen molar-refractivity contribution in [2.45, 2.75) is 20.4 Å². The van der Waals surface area contributed by atoms with Gasteiger partial charge in [0.2, 0.25) is 0 Å². The van der Waals surface area contributed by atoms with Gasteiger partial charge in [-0.05, 0) is 49.7 Å². The number of nitrogens with one attached hydrogen (secondary N) is 3. The maximum Gasteiger partial charge on any atom is 0.323 e. The van der Waals surface area contributed by atoms with E-state index in [4.69, 9.17) is 21.1 Å². The quantitative estimate of drug-likeness (QED) is 0.554. The molecular formula is C18H20Cl2N3O3-. The Morgan fingerprint density at radius 1 is 1.04 bits per heavy atom. The van der Waals surface area contributed by atoms with Crippen molar-refractivity contribution in [3.8, 4) is 11.5 Å². The molecule has 0 unspecified atom stereocenters. The topological polar surface area (TPSA) is 79.1 Å². The van der Waals surface area contributed by atoms with Gasteiger partial charge < -0.3 is 37.2 Å². The number of benzene rings is 2. The van der Waals surface area contributed by atoms with E-state index in [2.05, 4.69) is 15.3 Å². The summed E-state index contributed by atoms with van der Waals surface area (Å²) in [5, 5.41) is 3.84. The minimum Gasteiger partial charge on any atom is -1.00 e. The molecule has 1 aromatic heterocycles. The van der Waals surface area contributed by atoms with Gasteiger partial charge in [-0.25, -0.2) is 4.79 Å². The molecule has 0 fully saturated rings. The van der Waals surface area contributed by atoms with Crippen LogP contribution < -0.4 is 32.9 Å². The van der Waals surface area contributed by atoms with Crippen LogP contribution in [-0.4, -0.2) is 23.2 Å². The van der Waals surface area contributed by atoms with Gasteiger partial charge >= 0.3 is 5.69 Å². The zero-order valence-corrected chi connectivity index (χ0v) is 16.0. The summed E-state index contributed by atoms with van der Waals surface area (Å²) in [5.41, 5.74) is 3.19. The summed E-state index contributed by atoms with van der Waals surface area (Å²) in [4.78, 5) is 16.8. The number of rotatable bonds is 7. The van der Waals surface area contributed by atoms with Crippen LogP contribution in [0, 0.1) is 0 Å². The molecule has 3 N–H and O–H groups in total. The Balaban J connectivity index is 0.00000243. The first-order valence-electron chi connectivity index (χ1n) is 8.14. The lowest BCUT2D eigenvalue weighted by Crippen LogP contribution is -3.00. The van der Waals surface area contributed by atoms with Crippen molar-refractivity contribution >= 4 is 28.3 Å². The van der Waals surface area contributed by atoms with Crippen LogP contribution >= 0.6 is 11.6 Å². The van der Waals surface area contributed by atoms with Gasteiger partial charge in [0.25, 0.3) is 0 Å². The highest BCUT2D eigenvalue weighted by Crippen LogP contribution is 2.36. The molecule has 0 saturated carbocycles. The van der Waals surface area contributed by atoms with Crippen LogP contribution in [0.3, 0.4) is 0 Å². The van der Waals surface area contributed by atoms with Crippen molar-refractivity contribution in [1.82, 2.24) is 9.97 Å². The fourth-order valence-corrected chi connectivity index (χ4v) is 2.91. The Morgan fingerprint density at radius 3 is 2.50 bits per heavy atom. The van der Waals surface area contributed by atoms with Crippen LogP contribution in [0.5, 0.6) is 11.5 Å². The molecule has 1 heterocycles. The van der Waals surface area contributed by atoms with Crippen molar-refractivity contribution < 1.29 is 21.9 Å². The summed E-state index contributed by atoms with van der Waals surface area (Å²) in [5.74, 6) is 1.21. The first-order valence-corrected chi connectivity index (χ1v) is 8.52. The number of hydrogen-bond acceptors (Lipinski definition) is 4. The van der Waals surface area contributed by atoms with E-state index in [1.54, 1.807) is 0 Å². The predicted molar refractivity (Wildman–Crippen MR) is 100 cm³/mol. The monoisotopic (exact) mass is 396 g/mol. The first-order chi connectivity index (χ1) is 12.1. The molecule has 0 aliphatic heterocycles. The molecule has 6 nitrogen and oxygen atoms in total. The second-order valence-corrected chi connectivity index (χ2v) is 5.87. The Hall–Kier alpha value is -2.31. The molecule has 26 heavy (non-hydrogen) atoms. The third-order valence-electron chi connectivity index (χ3n) is 3.67. The largest absolute Gasteiger partial charge is 1.00 e. The lowest BCUT2D eigenvalue weighted by Gasteiger charge is -2.15. The number of fused-ring (bicyclic) bond motifs is 1. The van der Waals surface area contributed by atoms with Gasteiger partial charge in [0.1, 0.15) is 0 Å². The number of halogens is 2. The first kappa shape index (κ1) is 20.0. The van der Waals surface area contributed by atoms with Crippen LogP contribution in [0.4, 0.5) is 5.69 Å². The minimum atomic E-state index is -0.216. The van der Waals surface area contributed by atoms with Crippen LogP contribution in [0.1, 0.15) is 19.4 Å². The molecular weight excluding hydrogens is 377 g/mol. The smallest absolute Gasteiger partial charge is 0.323 e. The maximum absolute atomic E-state index is 11.3. The zero-order chi connectivity index (χ0) is 17.8. The van der Waals surface area contributed by atoms with Crippen molar-refractivity contribution in [3.05, 3.63) is 51.4 Å². The van der Waals surface area contributed by atoms with E-state index in [1.807, 2.05) is 44.2 Å². The summed E-state index contributed by atoms with van der Waals surface area (Å²) in [6, 6.07) is 9.42. The normalized spacial score (nSPS) is 10.4. The highest BCUT2D eigenvalue weighted by molar-refractivity contribution is 6.32. The molecule has 0 atom stereocenters. The molecule has 0 bridgehead atoms. The average Bonchev–Trinajstić information content (AvgIpc) is 2.95. The number of imidazole rings is 1. The molecule has 3 rings (SSSR count). The van der Waals surface area contributed by atoms with Gasteiger partial charge in [-0.1, -0.05) is 11.6 Å². The highest BCUT2D eigenvalue weighted by atomic mass is 35.5. The predicted octanol–water partition coefficient (Wildman–Crippen LogP) is 0.923. The third kappa shape index (κ3) is 4.45. The molecule has 0 amide bonds. The number of ether oxygens (including phenoxy) is 2. The van der Waals surface area contributed by atoms with E-state index in [9.17, 15) is 4.79 Å². The summed E-state index contributed by atoms with van der Waals surface area (Å²) in [6.45, 7) is 5.44. The van der Waals surface area contributed by atoms with Crippen LogP contribution in [0.25, 0.3) is 11.0 Å². The lowest BCUT2D eigenvalue weighted by molar-refractivity contribution is -0.00000611.